The molecule has 0 aromatic heterocycles. The van der Waals surface area contributed by atoms with Gasteiger partial charge in [0.05, 0.1) is 7.11 Å². The van der Waals surface area contributed by atoms with E-state index < -0.39 is 5.97 Å². The number of carbonyl (C=O) groups excluding carboxylic acids is 1. The number of nitrogens with zero attached hydrogens (tertiary/aromatic N) is 3. The molecular formula is C24H31N3O6. The lowest BCUT2D eigenvalue weighted by Gasteiger charge is -2.22. The summed E-state index contributed by atoms with van der Waals surface area (Å²) in [6.07, 6.45) is 1.16. The van der Waals surface area contributed by atoms with Crippen molar-refractivity contribution in [1.29, 1.82) is 0 Å². The monoisotopic (exact) mass is 457 g/mol. The number of benzene rings is 1. The van der Waals surface area contributed by atoms with Gasteiger partial charge in [-0.05, 0) is 75.9 Å². The fourth-order valence-electron chi connectivity index (χ4n) is 3.24. The Bertz CT molecular complexity index is 1000. The van der Waals surface area contributed by atoms with E-state index in [1.807, 2.05) is 20.8 Å². The molecule has 0 spiro atoms. The standard InChI is InChI=1S/C24H31N3O6/c1-7-32-27-22(18-8-10-20(28)11-9-18)17(4)25-33-14-19-12-15(2)16(3)13-21(19)23(26-31-6)24(29)30-5/h8-11,28H,7,12-14H2,1-6H3/b25-17+,26-23-,27-22+. The molecule has 0 fully saturated rings. The highest BCUT2D eigenvalue weighted by Gasteiger charge is 2.26. The highest BCUT2D eigenvalue weighted by atomic mass is 16.6. The third-order valence-corrected chi connectivity index (χ3v) is 5.13. The zero-order chi connectivity index (χ0) is 24.4. The second-order valence-corrected chi connectivity index (χ2v) is 7.47. The van der Waals surface area contributed by atoms with Gasteiger partial charge in [0.25, 0.3) is 0 Å². The molecule has 0 heterocycles. The molecule has 0 amide bonds. The van der Waals surface area contributed by atoms with Crippen molar-refractivity contribution in [3.63, 3.8) is 0 Å². The molecule has 0 saturated heterocycles. The van der Waals surface area contributed by atoms with Gasteiger partial charge in [-0.25, -0.2) is 4.79 Å². The number of hydrogen-bond donors (Lipinski definition) is 1. The van der Waals surface area contributed by atoms with Crippen LogP contribution in [0.4, 0.5) is 0 Å². The smallest absolute Gasteiger partial charge is 0.360 e. The highest BCUT2D eigenvalue weighted by Crippen LogP contribution is 2.31. The second-order valence-electron chi connectivity index (χ2n) is 7.47. The number of ether oxygens (including phenoxy) is 1. The zero-order valence-electron chi connectivity index (χ0n) is 20.0. The molecule has 2 rings (SSSR count). The number of phenolic OH excluding ortho intramolecular Hbond substituents is 1. The van der Waals surface area contributed by atoms with Gasteiger partial charge >= 0.3 is 5.97 Å². The summed E-state index contributed by atoms with van der Waals surface area (Å²) < 4.78 is 4.88. The lowest BCUT2D eigenvalue weighted by Crippen LogP contribution is -2.23. The summed E-state index contributed by atoms with van der Waals surface area (Å²) in [6.45, 7) is 8.19. The number of oxime groups is 3. The summed E-state index contributed by atoms with van der Waals surface area (Å²) in [5, 5.41) is 21.8. The van der Waals surface area contributed by atoms with Gasteiger partial charge in [-0.15, -0.1) is 0 Å². The second kappa shape index (κ2) is 12.4. The van der Waals surface area contributed by atoms with E-state index in [4.69, 9.17) is 19.2 Å². The van der Waals surface area contributed by atoms with E-state index in [0.29, 0.717) is 36.4 Å². The summed E-state index contributed by atoms with van der Waals surface area (Å²) in [6, 6.07) is 6.56. The van der Waals surface area contributed by atoms with Crippen molar-refractivity contribution in [2.24, 2.45) is 15.5 Å². The Balaban J connectivity index is 2.31. The first-order valence-corrected chi connectivity index (χ1v) is 10.5. The summed E-state index contributed by atoms with van der Waals surface area (Å²) in [5.74, 6) is -0.426. The summed E-state index contributed by atoms with van der Waals surface area (Å²) in [4.78, 5) is 28.1. The summed E-state index contributed by atoms with van der Waals surface area (Å²) in [5.41, 5.74) is 5.74. The molecule has 1 aliphatic carbocycles. The number of esters is 1. The Morgan fingerprint density at radius 2 is 1.64 bits per heavy atom. The minimum atomic E-state index is -0.574. The summed E-state index contributed by atoms with van der Waals surface area (Å²) in [7, 11) is 2.68. The Hall–Kier alpha value is -3.62. The maximum atomic E-state index is 12.3. The Morgan fingerprint density at radius 3 is 2.24 bits per heavy atom. The molecule has 0 bridgehead atoms. The van der Waals surface area contributed by atoms with Crippen LogP contribution in [0, 0.1) is 0 Å². The number of aromatic hydroxyl groups is 1. The van der Waals surface area contributed by atoms with Gasteiger partial charge < -0.3 is 24.4 Å². The SMILES string of the molecule is CCO/N=C(\C(C)=N\OCC1=C(/C(=N/OC)C(=O)OC)CC(C)=C(C)C1)c1ccc(O)cc1. The molecule has 9 heteroatoms. The lowest BCUT2D eigenvalue weighted by atomic mass is 9.85. The van der Waals surface area contributed by atoms with Crippen molar-refractivity contribution in [2.75, 3.05) is 27.4 Å². The highest BCUT2D eigenvalue weighted by molar-refractivity contribution is 6.47. The normalized spacial score (nSPS) is 15.5. The first-order chi connectivity index (χ1) is 15.8. The van der Waals surface area contributed by atoms with Gasteiger partial charge in [0, 0.05) is 5.56 Å². The molecule has 0 unspecified atom stereocenters. The third kappa shape index (κ3) is 6.93. The predicted molar refractivity (Wildman–Crippen MR) is 126 cm³/mol. The Labute approximate surface area is 194 Å². The van der Waals surface area contributed by atoms with Crippen LogP contribution in [0.2, 0.25) is 0 Å². The largest absolute Gasteiger partial charge is 0.508 e. The van der Waals surface area contributed by atoms with Crippen LogP contribution in [0.1, 0.15) is 46.1 Å². The van der Waals surface area contributed by atoms with E-state index in [2.05, 4.69) is 15.5 Å². The van der Waals surface area contributed by atoms with Gasteiger partial charge in [0.15, 0.2) is 5.71 Å². The minimum Gasteiger partial charge on any atom is -0.508 e. The number of rotatable bonds is 10. The van der Waals surface area contributed by atoms with Crippen molar-refractivity contribution in [3.8, 4) is 5.75 Å². The molecule has 178 valence electrons. The van der Waals surface area contributed by atoms with Crippen molar-refractivity contribution >= 4 is 23.1 Å². The summed E-state index contributed by atoms with van der Waals surface area (Å²) >= 11 is 0. The molecule has 9 nitrogen and oxygen atoms in total. The number of carbonyl (C=O) groups is 1. The van der Waals surface area contributed by atoms with Crippen LogP contribution in [0.15, 0.2) is 62.0 Å². The van der Waals surface area contributed by atoms with E-state index in [9.17, 15) is 9.90 Å². The van der Waals surface area contributed by atoms with Gasteiger partial charge in [-0.2, -0.15) is 0 Å². The minimum absolute atomic E-state index is 0.119. The average molecular weight is 458 g/mol. The fraction of sp³-hybridized carbons (Fsp3) is 0.417. The van der Waals surface area contributed by atoms with Crippen molar-refractivity contribution < 1.29 is 29.2 Å². The molecule has 33 heavy (non-hydrogen) atoms. The molecule has 1 aliphatic rings. The molecule has 1 aromatic rings. The van der Waals surface area contributed by atoms with Crippen molar-refractivity contribution in [3.05, 3.63) is 52.1 Å². The predicted octanol–water partition coefficient (Wildman–Crippen LogP) is 4.13. The fourth-order valence-corrected chi connectivity index (χ4v) is 3.24. The average Bonchev–Trinajstić information content (AvgIpc) is 2.80. The molecule has 0 saturated carbocycles. The van der Waals surface area contributed by atoms with Crippen LogP contribution in [0.25, 0.3) is 0 Å². The van der Waals surface area contributed by atoms with Crippen molar-refractivity contribution in [1.82, 2.24) is 0 Å². The molecule has 1 aromatic carbocycles. The number of phenols is 1. The maximum absolute atomic E-state index is 12.3. The number of methoxy groups -OCH3 is 1. The van der Waals surface area contributed by atoms with Crippen LogP contribution >= 0.6 is 0 Å². The molecule has 0 aliphatic heterocycles. The van der Waals surface area contributed by atoms with E-state index in [1.165, 1.54) is 19.8 Å². The van der Waals surface area contributed by atoms with Crippen LogP contribution < -0.4 is 0 Å². The maximum Gasteiger partial charge on any atom is 0.360 e. The topological polar surface area (TPSA) is 111 Å². The van der Waals surface area contributed by atoms with Crippen molar-refractivity contribution in [2.45, 2.75) is 40.5 Å². The molecule has 0 atom stereocenters. The van der Waals surface area contributed by atoms with Crippen LogP contribution in [-0.4, -0.2) is 55.6 Å². The van der Waals surface area contributed by atoms with Crippen LogP contribution in [0.3, 0.4) is 0 Å². The van der Waals surface area contributed by atoms with E-state index in [-0.39, 0.29) is 18.1 Å². The lowest BCUT2D eigenvalue weighted by molar-refractivity contribution is -0.132. The molecular weight excluding hydrogens is 426 g/mol. The van der Waals surface area contributed by atoms with Gasteiger partial charge in [-0.3, -0.25) is 0 Å². The number of hydrogen-bond acceptors (Lipinski definition) is 9. The van der Waals surface area contributed by atoms with Crippen LogP contribution in [0.5, 0.6) is 5.75 Å². The number of allylic oxidation sites excluding steroid dienone is 2. The van der Waals surface area contributed by atoms with E-state index in [0.717, 1.165) is 16.7 Å². The first-order valence-electron chi connectivity index (χ1n) is 10.5. The Morgan fingerprint density at radius 1 is 0.970 bits per heavy atom. The van der Waals surface area contributed by atoms with Crippen LogP contribution in [-0.2, 0) is 24.0 Å². The van der Waals surface area contributed by atoms with E-state index in [1.54, 1.807) is 31.2 Å². The quantitative estimate of drug-likeness (QED) is 0.245. The Kier molecular flexibility index (Phi) is 9.65. The first kappa shape index (κ1) is 25.6. The molecule has 1 N–H and O–H groups in total. The van der Waals surface area contributed by atoms with Gasteiger partial charge in [0.1, 0.15) is 37.5 Å². The van der Waals surface area contributed by atoms with E-state index >= 15 is 0 Å². The third-order valence-electron chi connectivity index (χ3n) is 5.13. The molecule has 0 radical (unpaired) electrons. The van der Waals surface area contributed by atoms with Gasteiger partial charge in [0.2, 0.25) is 0 Å². The van der Waals surface area contributed by atoms with Gasteiger partial charge in [-0.1, -0.05) is 26.6 Å². The zero-order valence-corrected chi connectivity index (χ0v) is 20.0.